The van der Waals surface area contributed by atoms with Crippen molar-refractivity contribution in [2.75, 3.05) is 6.54 Å². The highest BCUT2D eigenvalue weighted by Gasteiger charge is 2.08. The first-order valence-corrected chi connectivity index (χ1v) is 12.8. The van der Waals surface area contributed by atoms with Crippen molar-refractivity contribution in [2.24, 2.45) is 0 Å². The third-order valence-corrected chi connectivity index (χ3v) is 6.32. The molecule has 0 spiro atoms. The number of pyridine rings is 1. The Morgan fingerprint density at radius 1 is 0.784 bits per heavy atom. The molecule has 1 amide bonds. The van der Waals surface area contributed by atoms with Gasteiger partial charge >= 0.3 is 0 Å². The van der Waals surface area contributed by atoms with Crippen LogP contribution in [0.5, 0.6) is 5.75 Å². The number of carbonyl (C=O) groups excluding carboxylic acids is 1. The Kier molecular flexibility index (Phi) is 11.6. The second kappa shape index (κ2) is 15.2. The van der Waals surface area contributed by atoms with Crippen LogP contribution in [0.3, 0.4) is 0 Å². The highest BCUT2D eigenvalue weighted by molar-refractivity contribution is 5.94. The van der Waals surface area contributed by atoms with Crippen LogP contribution in [-0.4, -0.2) is 12.5 Å². The SMILES string of the molecule is CC[n+]1cccc(CCNC(=O)c2ccc(CCCc3ccccc3OCc3ccccc3)cc2)c1.[I-]. The molecule has 4 nitrogen and oxygen atoms in total. The van der Waals surface area contributed by atoms with Crippen LogP contribution in [0.25, 0.3) is 0 Å². The number of nitrogens with one attached hydrogen (secondary N) is 1. The minimum Gasteiger partial charge on any atom is -1.00 e. The molecule has 0 unspecified atom stereocenters. The van der Waals surface area contributed by atoms with Crippen molar-refractivity contribution in [2.45, 2.75) is 45.8 Å². The fraction of sp³-hybridized carbons (Fsp3) is 0.250. The molecule has 192 valence electrons. The Labute approximate surface area is 237 Å². The third-order valence-electron chi connectivity index (χ3n) is 6.32. The number of benzene rings is 3. The summed E-state index contributed by atoms with van der Waals surface area (Å²) in [5.41, 5.74) is 5.56. The topological polar surface area (TPSA) is 42.2 Å². The van der Waals surface area contributed by atoms with E-state index in [2.05, 4.69) is 77.7 Å². The third kappa shape index (κ3) is 9.01. The van der Waals surface area contributed by atoms with Crippen LogP contribution in [0.15, 0.2) is 103 Å². The van der Waals surface area contributed by atoms with Crippen LogP contribution in [0, 0.1) is 0 Å². The van der Waals surface area contributed by atoms with Crippen LogP contribution in [0.2, 0.25) is 0 Å². The summed E-state index contributed by atoms with van der Waals surface area (Å²) in [6, 6.07) is 30.7. The molecule has 0 fully saturated rings. The van der Waals surface area contributed by atoms with Gasteiger partial charge in [-0.1, -0.05) is 60.7 Å². The minimum atomic E-state index is -0.0228. The standard InChI is InChI=1S/C32H34N2O2.HI/c1-2-34-23-9-13-27(24-34)21-22-33-32(35)30-19-17-26(18-20-30)12-8-15-29-14-6-7-16-31(29)36-25-28-10-4-3-5-11-28;/h3-7,9-11,13-14,16-20,23-24H,2,8,12,15,21-22,25H2,1H3;1H. The summed E-state index contributed by atoms with van der Waals surface area (Å²) in [7, 11) is 0. The van der Waals surface area contributed by atoms with E-state index in [0.29, 0.717) is 18.7 Å². The van der Waals surface area contributed by atoms with Crippen molar-refractivity contribution in [1.82, 2.24) is 5.32 Å². The maximum atomic E-state index is 12.5. The number of amides is 1. The van der Waals surface area contributed by atoms with Gasteiger partial charge in [-0.3, -0.25) is 4.79 Å². The lowest BCUT2D eigenvalue weighted by Crippen LogP contribution is -3.00. The molecule has 4 aromatic rings. The quantitative estimate of drug-likeness (QED) is 0.199. The Morgan fingerprint density at radius 3 is 2.30 bits per heavy atom. The van der Waals surface area contributed by atoms with Gasteiger partial charge in [-0.05, 0) is 73.6 Å². The number of carbonyl (C=O) groups is 1. The van der Waals surface area contributed by atoms with Crippen molar-refractivity contribution in [1.29, 1.82) is 0 Å². The summed E-state index contributed by atoms with van der Waals surface area (Å²) in [5.74, 6) is 0.929. The first-order chi connectivity index (χ1) is 17.7. The Morgan fingerprint density at radius 2 is 1.51 bits per heavy atom. The van der Waals surface area contributed by atoms with Crippen molar-refractivity contribution in [3.63, 3.8) is 0 Å². The molecule has 1 heterocycles. The summed E-state index contributed by atoms with van der Waals surface area (Å²) in [4.78, 5) is 12.5. The summed E-state index contributed by atoms with van der Waals surface area (Å²) in [6.45, 7) is 4.27. The average molecular weight is 607 g/mol. The lowest BCUT2D eigenvalue weighted by atomic mass is 10.0. The van der Waals surface area contributed by atoms with E-state index in [1.54, 1.807) is 0 Å². The molecule has 0 radical (unpaired) electrons. The van der Waals surface area contributed by atoms with Gasteiger partial charge in [0.25, 0.3) is 5.91 Å². The van der Waals surface area contributed by atoms with E-state index in [0.717, 1.165) is 38.0 Å². The first kappa shape index (κ1) is 28.4. The molecule has 0 atom stereocenters. The first-order valence-electron chi connectivity index (χ1n) is 12.8. The van der Waals surface area contributed by atoms with Gasteiger partial charge in [-0.25, -0.2) is 4.57 Å². The van der Waals surface area contributed by atoms with Gasteiger partial charge in [0.1, 0.15) is 18.9 Å². The monoisotopic (exact) mass is 606 g/mol. The van der Waals surface area contributed by atoms with Crippen LogP contribution >= 0.6 is 0 Å². The molecule has 0 saturated heterocycles. The predicted octanol–water partition coefficient (Wildman–Crippen LogP) is 2.72. The molecule has 37 heavy (non-hydrogen) atoms. The molecule has 0 aliphatic heterocycles. The molecule has 1 N–H and O–H groups in total. The second-order valence-corrected chi connectivity index (χ2v) is 8.98. The smallest absolute Gasteiger partial charge is 0.251 e. The zero-order chi connectivity index (χ0) is 25.0. The summed E-state index contributed by atoms with van der Waals surface area (Å²) < 4.78 is 8.24. The normalized spacial score (nSPS) is 10.4. The second-order valence-electron chi connectivity index (χ2n) is 8.98. The van der Waals surface area contributed by atoms with Crippen molar-refractivity contribution < 1.29 is 38.1 Å². The fourth-order valence-electron chi connectivity index (χ4n) is 4.24. The highest BCUT2D eigenvalue weighted by atomic mass is 127. The molecule has 5 heteroatoms. The number of hydrogen-bond acceptors (Lipinski definition) is 2. The molecule has 1 aromatic heterocycles. The number of rotatable bonds is 12. The molecule has 4 rings (SSSR count). The Bertz CT molecular complexity index is 1240. The number of para-hydroxylation sites is 1. The number of halogens is 1. The van der Waals surface area contributed by atoms with Gasteiger partial charge in [-0.15, -0.1) is 0 Å². The molecule has 0 aliphatic rings. The number of ether oxygens (including phenoxy) is 1. The Hall–Kier alpha value is -3.19. The van der Waals surface area contributed by atoms with Crippen LogP contribution in [0.4, 0.5) is 0 Å². The predicted molar refractivity (Wildman–Crippen MR) is 144 cm³/mol. The van der Waals surface area contributed by atoms with E-state index in [4.69, 9.17) is 4.74 Å². The molecular formula is C32H35IN2O2. The van der Waals surface area contributed by atoms with Crippen LogP contribution in [0.1, 0.15) is 46.0 Å². The maximum absolute atomic E-state index is 12.5. The number of nitrogens with zero attached hydrogens (tertiary/aromatic N) is 1. The van der Waals surface area contributed by atoms with Gasteiger partial charge in [0.05, 0.1) is 0 Å². The molecule has 0 bridgehead atoms. The molecule has 3 aromatic carbocycles. The van der Waals surface area contributed by atoms with Gasteiger partial charge in [-0.2, -0.15) is 0 Å². The van der Waals surface area contributed by atoms with E-state index in [-0.39, 0.29) is 29.9 Å². The van der Waals surface area contributed by atoms with Crippen LogP contribution < -0.4 is 38.6 Å². The molecule has 0 saturated carbocycles. The lowest BCUT2D eigenvalue weighted by Gasteiger charge is -2.12. The number of aryl methyl sites for hydroxylation is 3. The number of aromatic nitrogens is 1. The molecular weight excluding hydrogens is 571 g/mol. The van der Waals surface area contributed by atoms with E-state index in [1.165, 1.54) is 22.3 Å². The van der Waals surface area contributed by atoms with Crippen molar-refractivity contribution in [3.8, 4) is 5.75 Å². The molecule has 0 aliphatic carbocycles. The van der Waals surface area contributed by atoms with E-state index in [9.17, 15) is 4.79 Å². The van der Waals surface area contributed by atoms with Gasteiger partial charge in [0.15, 0.2) is 12.4 Å². The van der Waals surface area contributed by atoms with Gasteiger partial charge < -0.3 is 34.0 Å². The highest BCUT2D eigenvalue weighted by Crippen LogP contribution is 2.22. The number of hydrogen-bond donors (Lipinski definition) is 1. The van der Waals surface area contributed by atoms with Crippen molar-refractivity contribution in [3.05, 3.63) is 131 Å². The summed E-state index contributed by atoms with van der Waals surface area (Å²) in [6.07, 6.45) is 7.94. The van der Waals surface area contributed by atoms with Gasteiger partial charge in [0, 0.05) is 23.7 Å². The zero-order valence-electron chi connectivity index (χ0n) is 21.4. The maximum Gasteiger partial charge on any atom is 0.251 e. The zero-order valence-corrected chi connectivity index (χ0v) is 23.6. The fourth-order valence-corrected chi connectivity index (χ4v) is 4.24. The van der Waals surface area contributed by atoms with E-state index < -0.39 is 0 Å². The Balaban J connectivity index is 0.00000380. The largest absolute Gasteiger partial charge is 1.00 e. The summed E-state index contributed by atoms with van der Waals surface area (Å²) >= 11 is 0. The average Bonchev–Trinajstić information content (AvgIpc) is 2.93. The van der Waals surface area contributed by atoms with E-state index in [1.807, 2.05) is 42.5 Å². The lowest BCUT2D eigenvalue weighted by molar-refractivity contribution is -0.694. The minimum absolute atomic E-state index is 0. The van der Waals surface area contributed by atoms with Gasteiger partial charge in [0.2, 0.25) is 0 Å². The van der Waals surface area contributed by atoms with Crippen LogP contribution in [-0.2, 0) is 32.4 Å². The van der Waals surface area contributed by atoms with Crippen molar-refractivity contribution >= 4 is 5.91 Å². The summed E-state index contributed by atoms with van der Waals surface area (Å²) in [5, 5.41) is 3.04. The van der Waals surface area contributed by atoms with E-state index >= 15 is 0 Å².